The molecule has 0 amide bonds. The smallest absolute Gasteiger partial charge is 0.0316 e. The van der Waals surface area contributed by atoms with Gasteiger partial charge in [-0.1, -0.05) is 42.5 Å². The third kappa shape index (κ3) is 3.60. The zero-order valence-corrected chi connectivity index (χ0v) is 10.8. The minimum absolute atomic E-state index is 0.439. The average molecular weight is 240 g/mol. The van der Waals surface area contributed by atoms with Crippen LogP contribution in [0.25, 0.3) is 0 Å². The van der Waals surface area contributed by atoms with Gasteiger partial charge in [-0.15, -0.1) is 0 Å². The highest BCUT2D eigenvalue weighted by Crippen LogP contribution is 2.11. The van der Waals surface area contributed by atoms with Crippen molar-refractivity contribution in [2.75, 3.05) is 12.8 Å². The first-order chi connectivity index (χ1) is 8.78. The van der Waals surface area contributed by atoms with Gasteiger partial charge >= 0.3 is 0 Å². The van der Waals surface area contributed by atoms with E-state index in [-0.39, 0.29) is 0 Å². The van der Waals surface area contributed by atoms with E-state index in [0.29, 0.717) is 6.04 Å². The molecule has 2 aromatic rings. The summed E-state index contributed by atoms with van der Waals surface area (Å²) in [5.41, 5.74) is 9.29. The van der Waals surface area contributed by atoms with Crippen LogP contribution in [0.2, 0.25) is 0 Å². The van der Waals surface area contributed by atoms with Crippen molar-refractivity contribution in [3.05, 3.63) is 65.7 Å². The number of anilines is 1. The highest BCUT2D eigenvalue weighted by atomic mass is 14.9. The fourth-order valence-electron chi connectivity index (χ4n) is 2.18. The number of benzene rings is 2. The van der Waals surface area contributed by atoms with E-state index in [1.807, 2.05) is 19.2 Å². The molecule has 0 bridgehead atoms. The number of nitrogens with one attached hydrogen (secondary N) is 1. The predicted octanol–water partition coefficient (Wildman–Crippen LogP) is 2.64. The van der Waals surface area contributed by atoms with Crippen LogP contribution in [0.5, 0.6) is 0 Å². The summed E-state index contributed by atoms with van der Waals surface area (Å²) in [7, 11) is 2.01. The largest absolute Gasteiger partial charge is 0.399 e. The summed E-state index contributed by atoms with van der Waals surface area (Å²) in [6.07, 6.45) is 2.03. The van der Waals surface area contributed by atoms with Crippen molar-refractivity contribution in [1.29, 1.82) is 0 Å². The van der Waals surface area contributed by atoms with Crippen LogP contribution in [0.3, 0.4) is 0 Å². The first-order valence-corrected chi connectivity index (χ1v) is 6.33. The highest BCUT2D eigenvalue weighted by molar-refractivity contribution is 5.40. The minimum Gasteiger partial charge on any atom is -0.399 e. The maximum atomic E-state index is 5.81. The lowest BCUT2D eigenvalue weighted by molar-refractivity contribution is 0.556. The topological polar surface area (TPSA) is 38.0 Å². The Bertz CT molecular complexity index is 479. The number of likely N-dealkylation sites (N-methyl/N-ethyl adjacent to an activating group) is 1. The second-order valence-electron chi connectivity index (χ2n) is 4.62. The van der Waals surface area contributed by atoms with Crippen LogP contribution in [-0.4, -0.2) is 13.1 Å². The molecule has 0 fully saturated rings. The summed E-state index contributed by atoms with van der Waals surface area (Å²) >= 11 is 0. The van der Waals surface area contributed by atoms with Crippen molar-refractivity contribution in [3.8, 4) is 0 Å². The van der Waals surface area contributed by atoms with Crippen molar-refractivity contribution in [1.82, 2.24) is 5.32 Å². The molecule has 2 heteroatoms. The van der Waals surface area contributed by atoms with Crippen molar-refractivity contribution >= 4 is 5.69 Å². The zero-order chi connectivity index (χ0) is 12.8. The molecule has 0 spiro atoms. The van der Waals surface area contributed by atoms with Gasteiger partial charge in [-0.2, -0.15) is 0 Å². The van der Waals surface area contributed by atoms with Crippen LogP contribution in [-0.2, 0) is 12.8 Å². The van der Waals surface area contributed by atoms with E-state index in [0.717, 1.165) is 18.5 Å². The third-order valence-corrected chi connectivity index (χ3v) is 3.17. The first-order valence-electron chi connectivity index (χ1n) is 6.33. The fraction of sp³-hybridized carbons (Fsp3) is 0.250. The van der Waals surface area contributed by atoms with E-state index in [9.17, 15) is 0 Å². The second-order valence-corrected chi connectivity index (χ2v) is 4.62. The van der Waals surface area contributed by atoms with E-state index in [1.165, 1.54) is 11.1 Å². The Hall–Kier alpha value is -1.80. The lowest BCUT2D eigenvalue weighted by atomic mass is 9.99. The third-order valence-electron chi connectivity index (χ3n) is 3.17. The van der Waals surface area contributed by atoms with E-state index in [1.54, 1.807) is 0 Å². The van der Waals surface area contributed by atoms with Gasteiger partial charge in [0.15, 0.2) is 0 Å². The second kappa shape index (κ2) is 6.22. The Labute approximate surface area is 109 Å². The van der Waals surface area contributed by atoms with Crippen LogP contribution in [0.15, 0.2) is 54.6 Å². The predicted molar refractivity (Wildman–Crippen MR) is 77.6 cm³/mol. The summed E-state index contributed by atoms with van der Waals surface area (Å²) in [6, 6.07) is 19.1. The minimum atomic E-state index is 0.439. The molecule has 0 aromatic heterocycles. The Morgan fingerprint density at radius 2 is 1.61 bits per heavy atom. The molecule has 0 heterocycles. The standard InChI is InChI=1S/C16H20N2/c1-18-16(11-13-6-3-2-4-7-13)12-14-8-5-9-15(17)10-14/h2-10,16,18H,11-12,17H2,1H3. The number of rotatable bonds is 5. The molecule has 94 valence electrons. The molecule has 0 saturated heterocycles. The maximum absolute atomic E-state index is 5.81. The van der Waals surface area contributed by atoms with Crippen molar-refractivity contribution in [2.24, 2.45) is 0 Å². The summed E-state index contributed by atoms with van der Waals surface area (Å²) in [5, 5.41) is 3.38. The van der Waals surface area contributed by atoms with Crippen LogP contribution < -0.4 is 11.1 Å². The summed E-state index contributed by atoms with van der Waals surface area (Å²) in [4.78, 5) is 0. The Morgan fingerprint density at radius 1 is 0.944 bits per heavy atom. The Balaban J connectivity index is 2.01. The molecular formula is C16H20N2. The van der Waals surface area contributed by atoms with Crippen LogP contribution in [0.4, 0.5) is 5.69 Å². The van der Waals surface area contributed by atoms with Crippen LogP contribution >= 0.6 is 0 Å². The Kier molecular flexibility index (Phi) is 4.37. The molecule has 0 saturated carbocycles. The van der Waals surface area contributed by atoms with E-state index >= 15 is 0 Å². The molecule has 0 aliphatic heterocycles. The first kappa shape index (κ1) is 12.7. The van der Waals surface area contributed by atoms with Crippen LogP contribution in [0.1, 0.15) is 11.1 Å². The molecule has 3 N–H and O–H groups in total. The molecule has 1 atom stereocenters. The van der Waals surface area contributed by atoms with E-state index < -0.39 is 0 Å². The normalized spacial score (nSPS) is 12.3. The van der Waals surface area contributed by atoms with Crippen LogP contribution in [0, 0.1) is 0 Å². The van der Waals surface area contributed by atoms with Gasteiger partial charge in [0, 0.05) is 11.7 Å². The quantitative estimate of drug-likeness (QED) is 0.788. The van der Waals surface area contributed by atoms with Gasteiger partial charge in [0.2, 0.25) is 0 Å². The molecule has 2 rings (SSSR count). The van der Waals surface area contributed by atoms with Crippen molar-refractivity contribution in [2.45, 2.75) is 18.9 Å². The van der Waals surface area contributed by atoms with E-state index in [2.05, 4.69) is 47.8 Å². The number of hydrogen-bond donors (Lipinski definition) is 2. The average Bonchev–Trinajstić information content (AvgIpc) is 2.39. The summed E-state index contributed by atoms with van der Waals surface area (Å²) < 4.78 is 0. The fourth-order valence-corrected chi connectivity index (χ4v) is 2.18. The summed E-state index contributed by atoms with van der Waals surface area (Å²) in [5.74, 6) is 0. The van der Waals surface area contributed by atoms with Crippen molar-refractivity contribution in [3.63, 3.8) is 0 Å². The molecule has 0 aliphatic carbocycles. The van der Waals surface area contributed by atoms with Gasteiger partial charge < -0.3 is 11.1 Å². The molecule has 2 nitrogen and oxygen atoms in total. The maximum Gasteiger partial charge on any atom is 0.0316 e. The molecule has 0 radical (unpaired) electrons. The number of hydrogen-bond acceptors (Lipinski definition) is 2. The van der Waals surface area contributed by atoms with Gasteiger partial charge in [-0.3, -0.25) is 0 Å². The summed E-state index contributed by atoms with van der Waals surface area (Å²) in [6.45, 7) is 0. The van der Waals surface area contributed by atoms with Crippen molar-refractivity contribution < 1.29 is 0 Å². The molecule has 18 heavy (non-hydrogen) atoms. The van der Waals surface area contributed by atoms with E-state index in [4.69, 9.17) is 5.73 Å². The monoisotopic (exact) mass is 240 g/mol. The number of nitrogens with two attached hydrogens (primary N) is 1. The SMILES string of the molecule is CNC(Cc1ccccc1)Cc1cccc(N)c1. The molecule has 2 aromatic carbocycles. The highest BCUT2D eigenvalue weighted by Gasteiger charge is 2.08. The molecule has 0 aliphatic rings. The Morgan fingerprint density at radius 3 is 2.28 bits per heavy atom. The lowest BCUT2D eigenvalue weighted by Crippen LogP contribution is -2.29. The van der Waals surface area contributed by atoms with Gasteiger partial charge in [0.25, 0.3) is 0 Å². The van der Waals surface area contributed by atoms with Gasteiger partial charge in [-0.25, -0.2) is 0 Å². The van der Waals surface area contributed by atoms with Gasteiger partial charge in [0.05, 0.1) is 0 Å². The molecular weight excluding hydrogens is 220 g/mol. The zero-order valence-electron chi connectivity index (χ0n) is 10.8. The van der Waals surface area contributed by atoms with Gasteiger partial charge in [0.1, 0.15) is 0 Å². The molecule has 1 unspecified atom stereocenters. The lowest BCUT2D eigenvalue weighted by Gasteiger charge is -2.16. The van der Waals surface area contributed by atoms with Gasteiger partial charge in [-0.05, 0) is 43.1 Å². The number of nitrogen functional groups attached to an aromatic ring is 1.